The highest BCUT2D eigenvalue weighted by Gasteiger charge is 2.11. The second-order valence-corrected chi connectivity index (χ2v) is 5.09. The monoisotopic (exact) mass is 347 g/mol. The fraction of sp³-hybridized carbons (Fsp3) is 0.235. The molecule has 0 unspecified atom stereocenters. The van der Waals surface area contributed by atoms with Gasteiger partial charge in [0.1, 0.15) is 13.2 Å². The Bertz CT molecular complexity index is 743. The van der Waals surface area contributed by atoms with Gasteiger partial charge in [0.15, 0.2) is 11.5 Å². The molecule has 0 amide bonds. The van der Waals surface area contributed by atoms with Gasteiger partial charge in [-0.05, 0) is 35.7 Å². The SMILES string of the molecule is COc1cc(C(=O)OCc2ccc(CCO[N+](=O)[O-])cc2)ccc1O. The molecule has 0 saturated carbocycles. The summed E-state index contributed by atoms with van der Waals surface area (Å²) in [7, 11) is 1.39. The highest BCUT2D eigenvalue weighted by molar-refractivity contribution is 5.90. The number of hydrogen-bond acceptors (Lipinski definition) is 7. The fourth-order valence-corrected chi connectivity index (χ4v) is 2.08. The smallest absolute Gasteiger partial charge is 0.338 e. The van der Waals surface area contributed by atoms with Gasteiger partial charge >= 0.3 is 5.97 Å². The van der Waals surface area contributed by atoms with Crippen molar-refractivity contribution in [3.05, 3.63) is 69.3 Å². The Labute approximate surface area is 143 Å². The number of methoxy groups -OCH3 is 1. The van der Waals surface area contributed by atoms with Crippen LogP contribution in [0.15, 0.2) is 42.5 Å². The quantitative estimate of drug-likeness (QED) is 0.444. The van der Waals surface area contributed by atoms with Crippen LogP contribution in [0.5, 0.6) is 11.5 Å². The number of phenolic OH excluding ortho intramolecular Hbond substituents is 1. The standard InChI is InChI=1S/C17H17NO7/c1-23-16-10-14(6-7-15(16)19)17(20)24-11-13-4-2-12(3-5-13)8-9-25-18(21)22/h2-7,10,19H,8-9,11H2,1H3. The Morgan fingerprint density at radius 1 is 1.16 bits per heavy atom. The number of carbonyl (C=O) groups excluding carboxylic acids is 1. The summed E-state index contributed by atoms with van der Waals surface area (Å²) in [5.74, 6) is -0.409. The summed E-state index contributed by atoms with van der Waals surface area (Å²) < 4.78 is 10.2. The molecule has 2 rings (SSSR count). The van der Waals surface area contributed by atoms with Gasteiger partial charge in [0.25, 0.3) is 5.09 Å². The maximum absolute atomic E-state index is 12.0. The molecule has 0 aliphatic rings. The molecule has 0 atom stereocenters. The van der Waals surface area contributed by atoms with Crippen LogP contribution in [0.3, 0.4) is 0 Å². The zero-order valence-corrected chi connectivity index (χ0v) is 13.5. The molecule has 132 valence electrons. The third-order valence-corrected chi connectivity index (χ3v) is 3.40. The molecule has 0 fully saturated rings. The van der Waals surface area contributed by atoms with Gasteiger partial charge in [0, 0.05) is 0 Å². The Morgan fingerprint density at radius 2 is 1.84 bits per heavy atom. The Kier molecular flexibility index (Phi) is 6.16. The van der Waals surface area contributed by atoms with E-state index in [-0.39, 0.29) is 30.3 Å². The van der Waals surface area contributed by atoms with Crippen molar-refractivity contribution in [2.75, 3.05) is 13.7 Å². The molecule has 2 aromatic rings. The van der Waals surface area contributed by atoms with Gasteiger partial charge in [-0.3, -0.25) is 0 Å². The van der Waals surface area contributed by atoms with Crippen molar-refractivity contribution in [2.24, 2.45) is 0 Å². The van der Waals surface area contributed by atoms with E-state index in [1.807, 2.05) is 0 Å². The number of benzene rings is 2. The number of aromatic hydroxyl groups is 1. The third kappa shape index (κ3) is 5.38. The van der Waals surface area contributed by atoms with Crippen molar-refractivity contribution in [1.82, 2.24) is 0 Å². The highest BCUT2D eigenvalue weighted by Crippen LogP contribution is 2.26. The molecule has 0 aromatic heterocycles. The predicted molar refractivity (Wildman–Crippen MR) is 86.9 cm³/mol. The molecule has 0 radical (unpaired) electrons. The summed E-state index contributed by atoms with van der Waals surface area (Å²) in [5, 5.41) is 18.8. The van der Waals surface area contributed by atoms with Gasteiger partial charge < -0.3 is 19.4 Å². The Balaban J connectivity index is 1.88. The summed E-state index contributed by atoms with van der Waals surface area (Å²) >= 11 is 0. The second kappa shape index (κ2) is 8.53. The first kappa shape index (κ1) is 18.1. The molecule has 8 heteroatoms. The molecule has 25 heavy (non-hydrogen) atoms. The van der Waals surface area contributed by atoms with Crippen LogP contribution >= 0.6 is 0 Å². The molecule has 0 bridgehead atoms. The van der Waals surface area contributed by atoms with E-state index in [0.29, 0.717) is 6.42 Å². The van der Waals surface area contributed by atoms with Crippen molar-refractivity contribution in [3.63, 3.8) is 0 Å². The molecule has 0 spiro atoms. The minimum atomic E-state index is -0.827. The van der Waals surface area contributed by atoms with Crippen molar-refractivity contribution < 1.29 is 29.3 Å². The van der Waals surface area contributed by atoms with Gasteiger partial charge in [0.2, 0.25) is 0 Å². The van der Waals surface area contributed by atoms with Crippen molar-refractivity contribution in [1.29, 1.82) is 0 Å². The van der Waals surface area contributed by atoms with E-state index in [1.165, 1.54) is 25.3 Å². The lowest BCUT2D eigenvalue weighted by Gasteiger charge is -2.08. The highest BCUT2D eigenvalue weighted by atomic mass is 16.9. The summed E-state index contributed by atoms with van der Waals surface area (Å²) in [6, 6.07) is 11.3. The number of rotatable bonds is 8. The zero-order chi connectivity index (χ0) is 18.2. The van der Waals surface area contributed by atoms with Gasteiger partial charge in [0.05, 0.1) is 12.7 Å². The maximum atomic E-state index is 12.0. The number of carbonyl (C=O) groups is 1. The minimum Gasteiger partial charge on any atom is -0.504 e. The number of ether oxygens (including phenoxy) is 2. The van der Waals surface area contributed by atoms with Gasteiger partial charge in [-0.15, -0.1) is 10.1 Å². The van der Waals surface area contributed by atoms with E-state index in [0.717, 1.165) is 11.1 Å². The molecule has 2 aromatic carbocycles. The molecule has 0 saturated heterocycles. The summed E-state index contributed by atoms with van der Waals surface area (Å²) in [5.41, 5.74) is 1.92. The zero-order valence-electron chi connectivity index (χ0n) is 13.5. The number of esters is 1. The molecule has 8 nitrogen and oxygen atoms in total. The average molecular weight is 347 g/mol. The van der Waals surface area contributed by atoms with E-state index < -0.39 is 11.1 Å². The third-order valence-electron chi connectivity index (χ3n) is 3.40. The Morgan fingerprint density at radius 3 is 2.48 bits per heavy atom. The number of nitrogens with zero attached hydrogens (tertiary/aromatic N) is 1. The van der Waals surface area contributed by atoms with Crippen LogP contribution in [0, 0.1) is 10.1 Å². The van der Waals surface area contributed by atoms with Crippen LogP contribution in [0.4, 0.5) is 0 Å². The van der Waals surface area contributed by atoms with Crippen LogP contribution in [0.1, 0.15) is 21.5 Å². The summed E-state index contributed by atoms with van der Waals surface area (Å²) in [6.45, 7) is 0.0672. The predicted octanol–water partition coefficient (Wildman–Crippen LogP) is 2.51. The first-order valence-electron chi connectivity index (χ1n) is 7.39. The lowest BCUT2D eigenvalue weighted by Crippen LogP contribution is -2.06. The fourth-order valence-electron chi connectivity index (χ4n) is 2.08. The van der Waals surface area contributed by atoms with E-state index >= 15 is 0 Å². The number of hydrogen-bond donors (Lipinski definition) is 1. The van der Waals surface area contributed by atoms with E-state index in [9.17, 15) is 20.0 Å². The molecular weight excluding hydrogens is 330 g/mol. The first-order chi connectivity index (χ1) is 12.0. The first-order valence-corrected chi connectivity index (χ1v) is 7.39. The van der Waals surface area contributed by atoms with E-state index in [2.05, 4.69) is 4.84 Å². The largest absolute Gasteiger partial charge is 0.504 e. The topological polar surface area (TPSA) is 108 Å². The van der Waals surface area contributed by atoms with Gasteiger partial charge in [-0.1, -0.05) is 24.3 Å². The summed E-state index contributed by atoms with van der Waals surface area (Å²) in [6.07, 6.45) is 0.411. The van der Waals surface area contributed by atoms with Crippen LogP contribution in [-0.4, -0.2) is 29.9 Å². The number of phenols is 1. The van der Waals surface area contributed by atoms with Gasteiger partial charge in [-0.25, -0.2) is 4.79 Å². The van der Waals surface area contributed by atoms with Crippen LogP contribution in [0.25, 0.3) is 0 Å². The normalized spacial score (nSPS) is 10.1. The van der Waals surface area contributed by atoms with Crippen LogP contribution in [-0.2, 0) is 22.6 Å². The van der Waals surface area contributed by atoms with Crippen molar-refractivity contribution in [2.45, 2.75) is 13.0 Å². The Hall–Kier alpha value is -3.29. The van der Waals surface area contributed by atoms with E-state index in [4.69, 9.17) is 9.47 Å². The maximum Gasteiger partial charge on any atom is 0.338 e. The molecular formula is C17H17NO7. The lowest BCUT2D eigenvalue weighted by molar-refractivity contribution is -0.757. The van der Waals surface area contributed by atoms with Crippen LogP contribution < -0.4 is 4.74 Å². The molecule has 1 N–H and O–H groups in total. The molecule has 0 aliphatic heterocycles. The van der Waals surface area contributed by atoms with Crippen molar-refractivity contribution >= 4 is 5.97 Å². The van der Waals surface area contributed by atoms with Crippen molar-refractivity contribution in [3.8, 4) is 11.5 Å². The van der Waals surface area contributed by atoms with Gasteiger partial charge in [-0.2, -0.15) is 0 Å². The summed E-state index contributed by atoms with van der Waals surface area (Å²) in [4.78, 5) is 26.4. The van der Waals surface area contributed by atoms with E-state index in [1.54, 1.807) is 24.3 Å². The average Bonchev–Trinajstić information content (AvgIpc) is 2.61. The molecule has 0 aliphatic carbocycles. The minimum absolute atomic E-state index is 0.00990. The lowest BCUT2D eigenvalue weighted by atomic mass is 10.1. The van der Waals surface area contributed by atoms with Crippen LogP contribution in [0.2, 0.25) is 0 Å². The second-order valence-electron chi connectivity index (χ2n) is 5.09. The molecule has 0 heterocycles.